The van der Waals surface area contributed by atoms with E-state index in [1.807, 2.05) is 0 Å². The summed E-state index contributed by atoms with van der Waals surface area (Å²) >= 11 is 0. The summed E-state index contributed by atoms with van der Waals surface area (Å²) in [7, 11) is -9.80. The van der Waals surface area contributed by atoms with Crippen LogP contribution in [0.5, 0.6) is 0 Å². The van der Waals surface area contributed by atoms with Crippen LogP contribution >= 0.6 is 15.6 Å². The molecule has 0 aromatic rings. The second kappa shape index (κ2) is 73.4. The average Bonchev–Trinajstić information content (AvgIpc) is 2.19. The number of aliphatic hydroxyl groups excluding tert-OH is 2. The molecule has 0 spiro atoms. The van der Waals surface area contributed by atoms with Crippen LogP contribution < -0.4 is 0 Å². The molecule has 568 valence electrons. The predicted octanol–water partition coefficient (Wildman–Crippen LogP) is 22.3. The van der Waals surface area contributed by atoms with Crippen molar-refractivity contribution in [1.82, 2.24) is 0 Å². The highest BCUT2D eigenvalue weighted by Crippen LogP contribution is 2.45. The maximum Gasteiger partial charge on any atom is 0.472 e. The first-order valence-corrected chi connectivity index (χ1v) is 41.5. The number of phosphoric ester groups is 2. The Morgan fingerprint density at radius 2 is 0.535 bits per heavy atom. The molecular formula is C81H138O16P2. The van der Waals surface area contributed by atoms with E-state index >= 15 is 0 Å². The summed E-state index contributed by atoms with van der Waals surface area (Å²) < 4.78 is 61.1. The minimum absolute atomic E-state index is 0.0772. The van der Waals surface area contributed by atoms with Gasteiger partial charge in [-0.3, -0.25) is 32.5 Å². The first kappa shape index (κ1) is 94.7. The summed E-state index contributed by atoms with van der Waals surface area (Å²) in [6, 6.07) is 0. The number of unbranched alkanes of at least 4 members (excludes halogenated alkanes) is 27. The Bertz CT molecular complexity index is 2330. The van der Waals surface area contributed by atoms with E-state index in [-0.39, 0.29) is 19.3 Å². The molecule has 4 N–H and O–H groups in total. The number of carbonyl (C=O) groups is 3. The van der Waals surface area contributed by atoms with E-state index in [1.165, 1.54) is 96.3 Å². The lowest BCUT2D eigenvalue weighted by Gasteiger charge is -2.21. The van der Waals surface area contributed by atoms with Crippen LogP contribution in [-0.4, -0.2) is 95.9 Å². The van der Waals surface area contributed by atoms with E-state index in [9.17, 15) is 43.5 Å². The fraction of sp³-hybridized carbons (Fsp3) is 0.691. The van der Waals surface area contributed by atoms with Crippen LogP contribution in [0, 0.1) is 0 Å². The lowest BCUT2D eigenvalue weighted by atomic mass is 10.0. The van der Waals surface area contributed by atoms with Gasteiger partial charge in [0.05, 0.1) is 26.4 Å². The fourth-order valence-corrected chi connectivity index (χ4v) is 11.5. The summed E-state index contributed by atoms with van der Waals surface area (Å²) in [4.78, 5) is 58.6. The van der Waals surface area contributed by atoms with Gasteiger partial charge in [-0.1, -0.05) is 276 Å². The lowest BCUT2D eigenvalue weighted by molar-refractivity contribution is -0.161. The number of hydrogen-bond donors (Lipinski definition) is 4. The average molecular weight is 1430 g/mol. The first-order chi connectivity index (χ1) is 48.2. The van der Waals surface area contributed by atoms with E-state index in [1.54, 1.807) is 0 Å². The third-order valence-corrected chi connectivity index (χ3v) is 17.7. The number of rotatable bonds is 72. The normalized spacial score (nSPS) is 14.8. The molecule has 0 aromatic heterocycles. The van der Waals surface area contributed by atoms with Crippen LogP contribution in [0.25, 0.3) is 0 Å². The number of carbonyl (C=O) groups excluding carboxylic acids is 3. The van der Waals surface area contributed by atoms with E-state index in [4.69, 9.17) is 32.3 Å². The molecule has 0 rings (SSSR count). The second-order valence-corrected chi connectivity index (χ2v) is 28.3. The van der Waals surface area contributed by atoms with Crippen molar-refractivity contribution in [2.75, 3.05) is 39.6 Å². The Labute approximate surface area is 601 Å². The van der Waals surface area contributed by atoms with Gasteiger partial charge in [0, 0.05) is 19.3 Å². The van der Waals surface area contributed by atoms with E-state index < -0.39 is 91.5 Å². The van der Waals surface area contributed by atoms with Crippen LogP contribution in [0.15, 0.2) is 134 Å². The highest BCUT2D eigenvalue weighted by atomic mass is 31.2. The number of phosphoric acid groups is 2. The summed E-state index contributed by atoms with van der Waals surface area (Å²) in [6.07, 6.45) is 87.8. The monoisotopic (exact) mass is 1430 g/mol. The van der Waals surface area contributed by atoms with Crippen molar-refractivity contribution in [1.29, 1.82) is 0 Å². The first-order valence-electron chi connectivity index (χ1n) is 38.5. The molecule has 0 radical (unpaired) electrons. The van der Waals surface area contributed by atoms with E-state index in [2.05, 4.69) is 154 Å². The van der Waals surface area contributed by atoms with Gasteiger partial charge in [0.1, 0.15) is 25.4 Å². The Hall–Kier alpha value is -4.31. The number of aliphatic hydroxyl groups is 2. The highest BCUT2D eigenvalue weighted by molar-refractivity contribution is 7.47. The number of allylic oxidation sites excluding steroid dienone is 22. The third-order valence-electron chi connectivity index (χ3n) is 15.8. The second-order valence-electron chi connectivity index (χ2n) is 25.4. The van der Waals surface area contributed by atoms with Crippen LogP contribution in [0.4, 0.5) is 0 Å². The SMILES string of the molecule is CC/C=C\C/C=C\C/C=C\CCCCCCCC(=O)OC(COC(=O)CCCCCCC/C=C\C/C=C\C/C=C\C/C=C\CCCCC)COP(=O)(O)OCC(O)COP(=O)(O)OCC(O)COC(=O)CCCCCCCCCCCCC/C=C\C/C=C\C/C=C\C/C=C\CCCCC. The molecule has 0 aliphatic heterocycles. The molecule has 5 unspecified atom stereocenters. The maximum absolute atomic E-state index is 12.9. The molecule has 5 atom stereocenters. The van der Waals surface area contributed by atoms with Crippen molar-refractivity contribution in [3.63, 3.8) is 0 Å². The Balaban J connectivity index is 4.59. The Kier molecular flexibility index (Phi) is 70.2. The standard InChI is InChI=1S/C81H138O16P2/c1-4-7-10-13-16-19-22-25-28-30-32-34-35-36-37-38-39-41-43-44-47-49-52-55-58-61-64-67-79(84)91-70-76(82)71-93-98(87,88)94-72-77(83)73-95-99(89,90)96-75-78(97-81(86)69-66-63-60-57-54-51-46-27-24-21-18-15-12-9-6-3)74-92-80(85)68-65-62-59-56-53-50-48-45-42-40-33-31-29-26-23-20-17-14-11-8-5-2/h9,12,16-21,25-29,32-34,36-37,40,45-46,48,76-78,82-83H,4-8,10-11,13-15,22-24,30-31,35,38-39,41-44,47,49-75H2,1-3H3,(H,87,88)(H,89,90)/b12-9-,19-16-,20-17-,21-18-,28-25-,29-26-,34-32-,37-36-,40-33-,46-27-,48-45-. The number of hydrogen-bond acceptors (Lipinski definition) is 14. The van der Waals surface area contributed by atoms with E-state index in [0.29, 0.717) is 19.3 Å². The molecule has 0 aliphatic rings. The highest BCUT2D eigenvalue weighted by Gasteiger charge is 2.29. The van der Waals surface area contributed by atoms with Gasteiger partial charge >= 0.3 is 33.6 Å². The maximum atomic E-state index is 12.9. The van der Waals surface area contributed by atoms with Gasteiger partial charge < -0.3 is 34.2 Å². The summed E-state index contributed by atoms with van der Waals surface area (Å²) in [5, 5.41) is 20.6. The zero-order chi connectivity index (χ0) is 72.3. The smallest absolute Gasteiger partial charge is 0.463 e. The number of esters is 3. The van der Waals surface area contributed by atoms with Crippen molar-refractivity contribution < 1.29 is 75.8 Å². The van der Waals surface area contributed by atoms with Gasteiger partial charge in [-0.25, -0.2) is 9.13 Å². The summed E-state index contributed by atoms with van der Waals surface area (Å²) in [5.74, 6) is -1.62. The Morgan fingerprint density at radius 1 is 0.293 bits per heavy atom. The fourth-order valence-electron chi connectivity index (χ4n) is 9.96. The molecule has 0 aromatic carbocycles. The van der Waals surface area contributed by atoms with Gasteiger partial charge in [-0.2, -0.15) is 0 Å². The zero-order valence-electron chi connectivity index (χ0n) is 61.9. The molecule has 99 heavy (non-hydrogen) atoms. The summed E-state index contributed by atoms with van der Waals surface area (Å²) in [6.45, 7) is 2.47. The molecule has 18 heteroatoms. The molecule has 0 saturated carbocycles. The van der Waals surface area contributed by atoms with Crippen molar-refractivity contribution >= 4 is 33.6 Å². The van der Waals surface area contributed by atoms with Crippen molar-refractivity contribution in [2.45, 2.75) is 322 Å². The van der Waals surface area contributed by atoms with Gasteiger partial charge in [-0.15, -0.1) is 0 Å². The van der Waals surface area contributed by atoms with Crippen molar-refractivity contribution in [2.24, 2.45) is 0 Å². The molecule has 0 bridgehead atoms. The molecule has 0 heterocycles. The Morgan fingerprint density at radius 3 is 0.848 bits per heavy atom. The molecule has 0 amide bonds. The van der Waals surface area contributed by atoms with Gasteiger partial charge in [0.15, 0.2) is 6.10 Å². The van der Waals surface area contributed by atoms with Crippen LogP contribution in [0.2, 0.25) is 0 Å². The topological polar surface area (TPSA) is 231 Å². The molecule has 0 aliphatic carbocycles. The molecule has 0 saturated heterocycles. The van der Waals surface area contributed by atoms with Crippen LogP contribution in [-0.2, 0) is 55.8 Å². The van der Waals surface area contributed by atoms with Gasteiger partial charge in [0.2, 0.25) is 0 Å². The van der Waals surface area contributed by atoms with Crippen molar-refractivity contribution in [3.05, 3.63) is 134 Å². The summed E-state index contributed by atoms with van der Waals surface area (Å²) in [5.41, 5.74) is 0. The van der Waals surface area contributed by atoms with Crippen molar-refractivity contribution in [3.8, 4) is 0 Å². The number of ether oxygens (including phenoxy) is 3. The predicted molar refractivity (Wildman–Crippen MR) is 408 cm³/mol. The minimum atomic E-state index is -4.94. The van der Waals surface area contributed by atoms with Gasteiger partial charge in [0.25, 0.3) is 0 Å². The quantitative estimate of drug-likeness (QED) is 0.0146. The van der Waals surface area contributed by atoms with E-state index in [0.717, 1.165) is 148 Å². The van der Waals surface area contributed by atoms with Crippen LogP contribution in [0.3, 0.4) is 0 Å². The molecular weight excluding hydrogens is 1290 g/mol. The lowest BCUT2D eigenvalue weighted by Crippen LogP contribution is -2.30. The minimum Gasteiger partial charge on any atom is -0.463 e. The third kappa shape index (κ3) is 74.7. The zero-order valence-corrected chi connectivity index (χ0v) is 63.7. The molecule has 0 fully saturated rings. The van der Waals surface area contributed by atoms with Crippen LogP contribution in [0.1, 0.15) is 303 Å². The molecule has 16 nitrogen and oxygen atoms in total. The largest absolute Gasteiger partial charge is 0.472 e. The van der Waals surface area contributed by atoms with Gasteiger partial charge in [-0.05, 0) is 141 Å².